The fourth-order valence-corrected chi connectivity index (χ4v) is 5.75. The fraction of sp³-hybridized carbons (Fsp3) is 0.519. The number of hydrogen-bond acceptors (Lipinski definition) is 5. The zero-order chi connectivity index (χ0) is 26.0. The molecule has 0 spiro atoms. The third-order valence-corrected chi connectivity index (χ3v) is 8.01. The number of rotatable bonds is 12. The molecular formula is C27H40BN5O2S+. The van der Waals surface area contributed by atoms with Crippen LogP contribution < -0.4 is 16.0 Å². The second-order valence-corrected chi connectivity index (χ2v) is 10.7. The molecule has 36 heavy (non-hydrogen) atoms. The molecule has 3 N–H and O–H groups in total. The molecule has 1 aliphatic heterocycles. The number of quaternary nitrogens is 1. The van der Waals surface area contributed by atoms with Gasteiger partial charge in [0.2, 0.25) is 0 Å². The van der Waals surface area contributed by atoms with Crippen molar-refractivity contribution < 1.29 is 14.1 Å². The molecule has 3 rings (SSSR count). The first-order chi connectivity index (χ1) is 17.3. The van der Waals surface area contributed by atoms with Gasteiger partial charge in [0.1, 0.15) is 0 Å². The van der Waals surface area contributed by atoms with Crippen molar-refractivity contribution in [2.75, 3.05) is 58.7 Å². The molecule has 0 unspecified atom stereocenters. The first-order valence-corrected chi connectivity index (χ1v) is 13.7. The number of amides is 2. The third kappa shape index (κ3) is 8.01. The molecule has 0 bridgehead atoms. The number of hydrogen-bond donors (Lipinski definition) is 3. The maximum atomic E-state index is 13.4. The van der Waals surface area contributed by atoms with Crippen LogP contribution >= 0.6 is 11.3 Å². The Kier molecular flexibility index (Phi) is 10.7. The molecule has 1 radical (unpaired) electrons. The molecule has 2 aromatic rings. The summed E-state index contributed by atoms with van der Waals surface area (Å²) in [5, 5.41) is 11.4. The zero-order valence-electron chi connectivity index (χ0n) is 21.9. The summed E-state index contributed by atoms with van der Waals surface area (Å²) < 4.78 is 0.492. The molecule has 1 fully saturated rings. The molecule has 1 aromatic carbocycles. The molecule has 1 aliphatic rings. The van der Waals surface area contributed by atoms with Gasteiger partial charge in [-0.2, -0.15) is 0 Å². The van der Waals surface area contributed by atoms with Gasteiger partial charge >= 0.3 is 191 Å². The van der Waals surface area contributed by atoms with E-state index in [9.17, 15) is 9.59 Å². The average Bonchev–Trinajstić information content (AvgIpc) is 3.07. The van der Waals surface area contributed by atoms with Crippen molar-refractivity contribution in [1.29, 1.82) is 0 Å². The fourth-order valence-electron chi connectivity index (χ4n) is 4.73. The number of likely N-dealkylation sites (N-methyl/N-ethyl adjacent to an activating group) is 2. The number of anilines is 1. The minimum atomic E-state index is -0.0683. The second kappa shape index (κ2) is 13.7. The van der Waals surface area contributed by atoms with E-state index >= 15 is 0 Å². The maximum absolute atomic E-state index is 13.4. The summed E-state index contributed by atoms with van der Waals surface area (Å²) in [4.78, 5) is 29.2. The van der Waals surface area contributed by atoms with Crippen molar-refractivity contribution in [3.8, 4) is 0 Å². The van der Waals surface area contributed by atoms with E-state index in [2.05, 4.69) is 16.0 Å². The van der Waals surface area contributed by atoms with Crippen LogP contribution in [0.2, 0.25) is 0 Å². The number of carbonyl (C=O) groups excluding carboxylic acids is 2. The van der Waals surface area contributed by atoms with E-state index in [1.807, 2.05) is 61.6 Å². The minimum absolute atomic E-state index is 0.00954. The Labute approximate surface area is 220 Å². The van der Waals surface area contributed by atoms with Crippen molar-refractivity contribution in [1.82, 2.24) is 15.5 Å². The predicted octanol–water partition coefficient (Wildman–Crippen LogP) is 2.50. The Morgan fingerprint density at radius 3 is 2.39 bits per heavy atom. The van der Waals surface area contributed by atoms with Gasteiger partial charge in [0.25, 0.3) is 0 Å². The summed E-state index contributed by atoms with van der Waals surface area (Å²) in [5.74, 6) is -0.0779. The van der Waals surface area contributed by atoms with Crippen molar-refractivity contribution in [3.63, 3.8) is 0 Å². The monoisotopic (exact) mass is 509 g/mol. The molecule has 2 heterocycles. The molecule has 1 saturated heterocycles. The van der Waals surface area contributed by atoms with Gasteiger partial charge in [0, 0.05) is 0 Å². The van der Waals surface area contributed by atoms with Crippen LogP contribution in [-0.4, -0.2) is 87.6 Å². The average molecular weight is 510 g/mol. The predicted molar refractivity (Wildman–Crippen MR) is 151 cm³/mol. The summed E-state index contributed by atoms with van der Waals surface area (Å²) in [6.07, 6.45) is 4.34. The van der Waals surface area contributed by atoms with Crippen LogP contribution in [0.1, 0.15) is 41.7 Å². The van der Waals surface area contributed by atoms with Gasteiger partial charge in [-0.25, -0.2) is 0 Å². The summed E-state index contributed by atoms with van der Waals surface area (Å²) in [7, 11) is 10.3. The molecule has 1 aromatic heterocycles. The molecule has 0 saturated carbocycles. The van der Waals surface area contributed by atoms with Gasteiger partial charge < -0.3 is 0 Å². The Morgan fingerprint density at radius 1 is 1.06 bits per heavy atom. The van der Waals surface area contributed by atoms with Crippen LogP contribution in [0.15, 0.2) is 35.7 Å². The van der Waals surface area contributed by atoms with E-state index in [0.717, 1.165) is 73.6 Å². The van der Waals surface area contributed by atoms with Crippen molar-refractivity contribution in [2.24, 2.45) is 0 Å². The first kappa shape index (κ1) is 28.1. The summed E-state index contributed by atoms with van der Waals surface area (Å²) >= 11 is 1.54. The molecule has 0 atom stereocenters. The molecule has 9 heteroatoms. The van der Waals surface area contributed by atoms with Crippen molar-refractivity contribution in [2.45, 2.75) is 39.2 Å². The summed E-state index contributed by atoms with van der Waals surface area (Å²) in [6, 6.07) is 9.91. The van der Waals surface area contributed by atoms with Gasteiger partial charge in [-0.1, -0.05) is 30.3 Å². The molecule has 0 aliphatic carbocycles. The van der Waals surface area contributed by atoms with Gasteiger partial charge in [0.15, 0.2) is 0 Å². The van der Waals surface area contributed by atoms with Crippen LogP contribution in [0.25, 0.3) is 0 Å². The molecule has 2 amide bonds. The van der Waals surface area contributed by atoms with Crippen LogP contribution in [0, 0.1) is 6.92 Å². The van der Waals surface area contributed by atoms with E-state index in [-0.39, 0.29) is 18.4 Å². The Morgan fingerprint density at radius 2 is 1.72 bits per heavy atom. The summed E-state index contributed by atoms with van der Waals surface area (Å²) in [6.45, 7) is 6.34. The Hall–Kier alpha value is -2.49. The number of aryl methyl sites for hydroxylation is 1. The SMILES string of the molecule is [B]=C(c1scc(C)c1NC(=O)C[N+]1(CC(=O)NCc2ccccc2)CCCCCC1)N(C)CCNC. The van der Waals surface area contributed by atoms with Gasteiger partial charge in [-0.15, -0.1) is 0 Å². The van der Waals surface area contributed by atoms with E-state index in [0.29, 0.717) is 23.2 Å². The topological polar surface area (TPSA) is 73.5 Å². The van der Waals surface area contributed by atoms with E-state index in [1.54, 1.807) is 11.3 Å². The van der Waals surface area contributed by atoms with Crippen LogP contribution in [-0.2, 0) is 16.1 Å². The van der Waals surface area contributed by atoms with Crippen molar-refractivity contribution >= 4 is 41.9 Å². The number of nitrogens with zero attached hydrogens (tertiary/aromatic N) is 2. The normalized spacial score (nSPS) is 15.1. The zero-order valence-corrected chi connectivity index (χ0v) is 22.8. The number of benzene rings is 1. The van der Waals surface area contributed by atoms with E-state index < -0.39 is 0 Å². The van der Waals surface area contributed by atoms with Gasteiger partial charge in [0.05, 0.1) is 0 Å². The van der Waals surface area contributed by atoms with E-state index in [4.69, 9.17) is 7.49 Å². The Balaban J connectivity index is 1.68. The van der Waals surface area contributed by atoms with Crippen LogP contribution in [0.3, 0.4) is 0 Å². The molecule has 7 nitrogen and oxygen atoms in total. The quantitative estimate of drug-likeness (QED) is 0.304. The van der Waals surface area contributed by atoms with Gasteiger partial charge in [-0.05, 0) is 0 Å². The first-order valence-electron chi connectivity index (χ1n) is 12.9. The number of nitrogens with one attached hydrogen (secondary N) is 3. The Bertz CT molecular complexity index is 1020. The molecule has 193 valence electrons. The van der Waals surface area contributed by atoms with Gasteiger partial charge in [-0.3, -0.25) is 0 Å². The number of likely N-dealkylation sites (tertiary alicyclic amines) is 1. The summed E-state index contributed by atoms with van der Waals surface area (Å²) in [5.41, 5.74) is 3.49. The number of thiophene rings is 1. The third-order valence-electron chi connectivity index (χ3n) is 6.89. The molecular weight excluding hydrogens is 469 g/mol. The van der Waals surface area contributed by atoms with Crippen LogP contribution in [0.4, 0.5) is 5.69 Å². The van der Waals surface area contributed by atoms with Crippen molar-refractivity contribution in [3.05, 3.63) is 51.7 Å². The second-order valence-electron chi connectivity index (χ2n) is 9.86. The number of carbonyl (C=O) groups is 2. The van der Waals surface area contributed by atoms with Crippen LogP contribution in [0.5, 0.6) is 0 Å². The standard InChI is InChI=1S/C27H39BN5O2S/c1-21-20-36-26(27(28)32(3)14-13-29-2)25(21)31-24(35)19-33(15-9-4-5-10-16-33)18-23(34)30-17-22-11-7-6-8-12-22/h6-8,11-12,20,29H,4-5,9-10,13-19H2,1-3H3,(H-,30,31,34,35)/p+1. The van der Waals surface area contributed by atoms with E-state index in [1.165, 1.54) is 0 Å².